The summed E-state index contributed by atoms with van der Waals surface area (Å²) in [5, 5.41) is 11.7. The van der Waals surface area contributed by atoms with E-state index < -0.39 is 11.2 Å². The number of aryl methyl sites for hydroxylation is 1. The number of ether oxygens (including phenoxy) is 1. The van der Waals surface area contributed by atoms with Crippen LogP contribution in [-0.4, -0.2) is 39.4 Å². The molecule has 19 heavy (non-hydrogen) atoms. The highest BCUT2D eigenvalue weighted by Gasteiger charge is 2.35. The molecule has 0 aliphatic carbocycles. The minimum absolute atomic E-state index is 0.150. The fourth-order valence-corrected chi connectivity index (χ4v) is 2.15. The van der Waals surface area contributed by atoms with E-state index >= 15 is 0 Å². The second-order valence-corrected chi connectivity index (χ2v) is 5.44. The molecular weight excluding hydrogens is 268 g/mol. The summed E-state index contributed by atoms with van der Waals surface area (Å²) in [4.78, 5) is 18.3. The fourth-order valence-electron chi connectivity index (χ4n) is 1.84. The third-order valence-corrected chi connectivity index (χ3v) is 3.25. The molecule has 0 fully saturated rings. The van der Waals surface area contributed by atoms with Crippen LogP contribution < -0.4 is 0 Å². The first-order valence-corrected chi connectivity index (χ1v) is 6.28. The number of oxime groups is 1. The number of hydrogen-bond donors (Lipinski definition) is 1. The lowest BCUT2D eigenvalue weighted by Gasteiger charge is -2.14. The molecule has 0 radical (unpaired) electrons. The average Bonchev–Trinajstić information content (AvgIpc) is 2.90. The van der Waals surface area contributed by atoms with E-state index in [0.717, 1.165) is 5.71 Å². The zero-order valence-corrected chi connectivity index (χ0v) is 12.1. The van der Waals surface area contributed by atoms with Crippen LogP contribution in [0.2, 0.25) is 0 Å². The highest BCUT2D eigenvalue weighted by atomic mass is 32.1. The Balaban J connectivity index is 2.30. The van der Waals surface area contributed by atoms with E-state index in [9.17, 15) is 4.79 Å². The van der Waals surface area contributed by atoms with Gasteiger partial charge >= 0.3 is 5.97 Å². The molecule has 1 aromatic rings. The van der Waals surface area contributed by atoms with Crippen molar-refractivity contribution in [1.82, 2.24) is 15.0 Å². The molecule has 1 atom stereocenters. The lowest BCUT2D eigenvalue weighted by molar-refractivity contribution is 0.0123. The first-order chi connectivity index (χ1) is 8.84. The number of carbonyl (C=O) groups excluding carboxylic acids is 1. The summed E-state index contributed by atoms with van der Waals surface area (Å²) in [5.41, 5.74) is 0.943. The molecule has 1 unspecified atom stereocenters. The molecule has 1 aromatic heterocycles. The molecule has 0 saturated carbocycles. The molecule has 7 nitrogen and oxygen atoms in total. The van der Waals surface area contributed by atoms with Gasteiger partial charge in [-0.3, -0.25) is 0 Å². The Morgan fingerprint density at radius 1 is 1.53 bits per heavy atom. The molecule has 2 heterocycles. The molecule has 0 N–H and O–H groups in total. The van der Waals surface area contributed by atoms with Crippen LogP contribution in [-0.2, 0) is 16.6 Å². The summed E-state index contributed by atoms with van der Waals surface area (Å²) in [7, 11) is 2.93. The molecule has 8 heteroatoms. The number of rotatable bonds is 3. The van der Waals surface area contributed by atoms with Gasteiger partial charge in [0.2, 0.25) is 0 Å². The van der Waals surface area contributed by atoms with E-state index in [4.69, 9.17) is 4.84 Å². The van der Waals surface area contributed by atoms with Crippen molar-refractivity contribution in [3.8, 4) is 0 Å². The first-order valence-electron chi connectivity index (χ1n) is 5.76. The Labute approximate surface area is 116 Å². The number of aromatic nitrogens is 3. The van der Waals surface area contributed by atoms with Gasteiger partial charge in [-0.25, -0.2) is 4.79 Å². The molecular formula is C11H16N4O3S. The van der Waals surface area contributed by atoms with Gasteiger partial charge in [0.15, 0.2) is 5.69 Å². The Morgan fingerprint density at radius 2 is 2.21 bits per heavy atom. The molecule has 0 bridgehead atoms. The van der Waals surface area contributed by atoms with Crippen LogP contribution in [0.15, 0.2) is 5.16 Å². The summed E-state index contributed by atoms with van der Waals surface area (Å²) in [6.07, 6.45) is 0.623. The van der Waals surface area contributed by atoms with Crippen LogP contribution in [0.1, 0.15) is 41.7 Å². The fraction of sp³-hybridized carbons (Fsp3) is 0.636. The summed E-state index contributed by atoms with van der Waals surface area (Å²) < 4.78 is 4.68. The van der Waals surface area contributed by atoms with Gasteiger partial charge in [0.25, 0.3) is 0 Å². The van der Waals surface area contributed by atoms with E-state index in [1.807, 2.05) is 13.8 Å². The quantitative estimate of drug-likeness (QED) is 0.665. The van der Waals surface area contributed by atoms with Gasteiger partial charge in [0, 0.05) is 13.5 Å². The van der Waals surface area contributed by atoms with Crippen LogP contribution in [0.3, 0.4) is 0 Å². The monoisotopic (exact) mass is 284 g/mol. The van der Waals surface area contributed by atoms with Crippen LogP contribution in [0.25, 0.3) is 0 Å². The van der Waals surface area contributed by atoms with Crippen molar-refractivity contribution in [2.24, 2.45) is 12.2 Å². The average molecular weight is 284 g/mol. The van der Waals surface area contributed by atoms with Crippen molar-refractivity contribution >= 4 is 24.3 Å². The second kappa shape index (κ2) is 4.84. The van der Waals surface area contributed by atoms with Crippen molar-refractivity contribution < 1.29 is 14.4 Å². The maximum atomic E-state index is 11.7. The van der Waals surface area contributed by atoms with Crippen molar-refractivity contribution in [3.63, 3.8) is 0 Å². The number of thiol groups is 1. The molecule has 0 spiro atoms. The van der Waals surface area contributed by atoms with Crippen molar-refractivity contribution in [3.05, 3.63) is 11.4 Å². The zero-order chi connectivity index (χ0) is 14.2. The van der Waals surface area contributed by atoms with E-state index in [-0.39, 0.29) is 11.3 Å². The Hall–Kier alpha value is -1.57. The molecule has 104 valence electrons. The summed E-state index contributed by atoms with van der Waals surface area (Å²) in [5.74, 6) is -0.541. The Bertz CT molecular complexity index is 538. The topological polar surface area (TPSA) is 78.6 Å². The molecule has 0 saturated heterocycles. The Kier molecular flexibility index (Phi) is 3.53. The van der Waals surface area contributed by atoms with Gasteiger partial charge in [0.1, 0.15) is 11.3 Å². The van der Waals surface area contributed by atoms with Crippen molar-refractivity contribution in [2.45, 2.75) is 31.1 Å². The van der Waals surface area contributed by atoms with E-state index in [1.165, 1.54) is 11.9 Å². The van der Waals surface area contributed by atoms with Crippen molar-refractivity contribution in [1.29, 1.82) is 0 Å². The standard InChI is InChI=1S/C11H16N4O3S/c1-11(2)5-6(14-18-11)9(19)7-8(10(16)17-4)13-15(3)12-7/h9,19H,5H2,1-4H3. The second-order valence-electron chi connectivity index (χ2n) is 4.93. The number of carbonyl (C=O) groups is 1. The molecule has 2 rings (SSSR count). The first kappa shape index (κ1) is 13.9. The summed E-state index contributed by atoms with van der Waals surface area (Å²) in [6.45, 7) is 3.86. The van der Waals surface area contributed by atoms with E-state index in [2.05, 4.69) is 32.7 Å². The van der Waals surface area contributed by atoms with Crippen LogP contribution in [0.5, 0.6) is 0 Å². The van der Waals surface area contributed by atoms with Crippen LogP contribution in [0.4, 0.5) is 0 Å². The lowest BCUT2D eigenvalue weighted by atomic mass is 9.99. The van der Waals surface area contributed by atoms with Gasteiger partial charge in [0.05, 0.1) is 18.1 Å². The Morgan fingerprint density at radius 3 is 2.74 bits per heavy atom. The smallest absolute Gasteiger partial charge is 0.360 e. The zero-order valence-electron chi connectivity index (χ0n) is 11.2. The number of hydrogen-bond acceptors (Lipinski definition) is 7. The molecule has 0 aromatic carbocycles. The van der Waals surface area contributed by atoms with E-state index in [1.54, 1.807) is 7.05 Å². The normalized spacial score (nSPS) is 18.7. The number of nitrogens with zero attached hydrogens (tertiary/aromatic N) is 4. The maximum absolute atomic E-state index is 11.7. The predicted octanol–water partition coefficient (Wildman–Crippen LogP) is 1.13. The third kappa shape index (κ3) is 2.73. The van der Waals surface area contributed by atoms with Gasteiger partial charge < -0.3 is 9.57 Å². The van der Waals surface area contributed by atoms with E-state index in [0.29, 0.717) is 12.1 Å². The van der Waals surface area contributed by atoms with Crippen molar-refractivity contribution in [2.75, 3.05) is 7.11 Å². The highest BCUT2D eigenvalue weighted by molar-refractivity contribution is 7.81. The summed E-state index contributed by atoms with van der Waals surface area (Å²) >= 11 is 4.47. The number of esters is 1. The summed E-state index contributed by atoms with van der Waals surface area (Å²) in [6, 6.07) is 0. The lowest BCUT2D eigenvalue weighted by Crippen LogP contribution is -2.21. The third-order valence-electron chi connectivity index (χ3n) is 2.71. The highest BCUT2D eigenvalue weighted by Crippen LogP contribution is 2.32. The van der Waals surface area contributed by atoms with Crippen LogP contribution in [0, 0.1) is 0 Å². The van der Waals surface area contributed by atoms with Gasteiger partial charge in [-0.05, 0) is 13.8 Å². The largest absolute Gasteiger partial charge is 0.464 e. The molecule has 1 aliphatic rings. The van der Waals surface area contributed by atoms with Crippen LogP contribution >= 0.6 is 12.6 Å². The van der Waals surface area contributed by atoms with Gasteiger partial charge in [-0.15, -0.1) is 5.10 Å². The molecule has 1 aliphatic heterocycles. The van der Waals surface area contributed by atoms with Gasteiger partial charge in [-0.2, -0.15) is 22.5 Å². The van der Waals surface area contributed by atoms with Gasteiger partial charge in [-0.1, -0.05) is 5.16 Å². The maximum Gasteiger partial charge on any atom is 0.360 e. The number of methoxy groups -OCH3 is 1. The minimum Gasteiger partial charge on any atom is -0.464 e. The molecule has 0 amide bonds. The minimum atomic E-state index is -0.541. The SMILES string of the molecule is COC(=O)c1nn(C)nc1C(S)C1=NOC(C)(C)C1. The predicted molar refractivity (Wildman–Crippen MR) is 71.3 cm³/mol.